The minimum atomic E-state index is -0.567. The van der Waals surface area contributed by atoms with E-state index in [9.17, 15) is 4.79 Å². The van der Waals surface area contributed by atoms with Crippen LogP contribution in [0.4, 0.5) is 5.69 Å². The Labute approximate surface area is 157 Å². The molecule has 2 aromatic carbocycles. The van der Waals surface area contributed by atoms with Crippen LogP contribution in [0.1, 0.15) is 18.1 Å². The van der Waals surface area contributed by atoms with Crippen molar-refractivity contribution >= 4 is 35.3 Å². The largest absolute Gasteiger partial charge is 0.296 e. The Bertz CT molecular complexity index is 880. The van der Waals surface area contributed by atoms with Crippen molar-refractivity contribution in [2.45, 2.75) is 19.1 Å². The van der Waals surface area contributed by atoms with E-state index in [1.807, 2.05) is 61.5 Å². The van der Waals surface area contributed by atoms with Crippen LogP contribution >= 0.6 is 11.8 Å². The molecule has 6 heteroatoms. The number of halogens is 1. The zero-order chi connectivity index (χ0) is 18.1. The van der Waals surface area contributed by atoms with Crippen LogP contribution < -0.4 is 4.90 Å². The summed E-state index contributed by atoms with van der Waals surface area (Å²) in [5.41, 5.74) is 3.68. The summed E-state index contributed by atoms with van der Waals surface area (Å²) in [6.07, 6.45) is 1.30. The first kappa shape index (κ1) is 16.9. The Morgan fingerprint density at radius 1 is 1.19 bits per heavy atom. The molecule has 132 valence electrons. The van der Waals surface area contributed by atoms with E-state index in [-0.39, 0.29) is 12.1 Å². The van der Waals surface area contributed by atoms with Gasteiger partial charge in [0.2, 0.25) is 0 Å². The van der Waals surface area contributed by atoms with E-state index in [2.05, 4.69) is 4.99 Å². The van der Waals surface area contributed by atoms with Crippen molar-refractivity contribution in [3.63, 3.8) is 0 Å². The molecule has 1 saturated heterocycles. The molecule has 1 fully saturated rings. The highest BCUT2D eigenvalue weighted by molar-refractivity contribution is 6.24. The number of fused-ring (bicyclic) bond motifs is 3. The maximum absolute atomic E-state index is 13.1. The van der Waals surface area contributed by atoms with Gasteiger partial charge in [0.15, 0.2) is 0 Å². The predicted molar refractivity (Wildman–Crippen MR) is 105 cm³/mol. The molecule has 2 aliphatic heterocycles. The van der Waals surface area contributed by atoms with E-state index in [4.69, 9.17) is 16.8 Å². The summed E-state index contributed by atoms with van der Waals surface area (Å²) in [5.74, 6) is -0.0702. The Morgan fingerprint density at radius 2 is 1.92 bits per heavy atom. The number of hydrogen-bond donors (Lipinski definition) is 0. The van der Waals surface area contributed by atoms with Gasteiger partial charge in [-0.2, -0.15) is 4.42 Å². The Kier molecular flexibility index (Phi) is 4.57. The highest BCUT2D eigenvalue weighted by atomic mass is 35.5. The summed E-state index contributed by atoms with van der Waals surface area (Å²) >= 11 is 6.53. The van der Waals surface area contributed by atoms with E-state index < -0.39 is 6.04 Å². The van der Waals surface area contributed by atoms with Crippen LogP contribution in [0.3, 0.4) is 0 Å². The molecular formula is C20H19ClN4O. The summed E-state index contributed by atoms with van der Waals surface area (Å²) in [7, 11) is 0. The lowest BCUT2D eigenvalue weighted by Crippen LogP contribution is -2.38. The van der Waals surface area contributed by atoms with Gasteiger partial charge in [-0.25, -0.2) is 0 Å². The Balaban J connectivity index is 1.82. The minimum absolute atomic E-state index is 0.0702. The maximum atomic E-state index is 13.1. The molecule has 0 spiro atoms. The van der Waals surface area contributed by atoms with Crippen LogP contribution in [-0.2, 0) is 4.79 Å². The molecule has 0 bridgehead atoms. The molecule has 0 N–H and O–H groups in total. The first-order chi connectivity index (χ1) is 12.7. The smallest absolute Gasteiger partial charge is 0.252 e. The van der Waals surface area contributed by atoms with E-state index in [1.54, 1.807) is 11.1 Å². The lowest BCUT2D eigenvalue weighted by atomic mass is 10.00. The number of para-hydroxylation sites is 1. The van der Waals surface area contributed by atoms with Gasteiger partial charge in [-0.15, -0.1) is 0 Å². The summed E-state index contributed by atoms with van der Waals surface area (Å²) < 4.78 is 1.54. The van der Waals surface area contributed by atoms with E-state index in [0.29, 0.717) is 13.1 Å². The number of carbonyl (C=O) groups excluding carboxylic acids is 1. The number of carbonyl (C=O) groups is 1. The van der Waals surface area contributed by atoms with Gasteiger partial charge < -0.3 is 0 Å². The van der Waals surface area contributed by atoms with Crippen molar-refractivity contribution in [2.24, 2.45) is 9.98 Å². The second-order valence-electron chi connectivity index (χ2n) is 6.20. The van der Waals surface area contributed by atoms with Gasteiger partial charge in [0, 0.05) is 23.9 Å². The molecule has 0 aliphatic carbocycles. The lowest BCUT2D eigenvalue weighted by Gasteiger charge is -2.24. The third-order valence-electron chi connectivity index (χ3n) is 4.65. The van der Waals surface area contributed by atoms with Gasteiger partial charge in [0.25, 0.3) is 5.91 Å². The molecule has 2 unspecified atom stereocenters. The Hall–Kier alpha value is -2.50. The first-order valence-electron chi connectivity index (χ1n) is 8.68. The molecule has 0 radical (unpaired) electrons. The molecule has 5 nitrogen and oxygen atoms in total. The topological polar surface area (TPSA) is 48.3 Å². The standard InChI is InChI=1S/C20H19ClN4O/c1-2-22-12-17-20(26)24-16-11-7-6-10-15(16)19(14-8-4-3-5-9-14)23-13-18(24)25(17)21/h3-12,17-18H,2,13H2,1H3. The number of nitrogens with zero attached hydrogens (tertiary/aromatic N) is 4. The Morgan fingerprint density at radius 3 is 2.69 bits per heavy atom. The second-order valence-corrected chi connectivity index (χ2v) is 6.59. The van der Waals surface area contributed by atoms with Crippen molar-refractivity contribution < 1.29 is 4.79 Å². The van der Waals surface area contributed by atoms with Crippen LogP contribution in [0.25, 0.3) is 0 Å². The third kappa shape index (κ3) is 2.73. The minimum Gasteiger partial charge on any atom is -0.296 e. The lowest BCUT2D eigenvalue weighted by molar-refractivity contribution is -0.117. The quantitative estimate of drug-likeness (QED) is 0.619. The zero-order valence-electron chi connectivity index (χ0n) is 14.4. The van der Waals surface area contributed by atoms with Crippen molar-refractivity contribution in [3.05, 3.63) is 65.7 Å². The van der Waals surface area contributed by atoms with E-state index >= 15 is 0 Å². The van der Waals surface area contributed by atoms with Crippen molar-refractivity contribution in [1.82, 2.24) is 4.42 Å². The number of hydrogen-bond acceptors (Lipinski definition) is 4. The van der Waals surface area contributed by atoms with Crippen LogP contribution in [-0.4, -0.2) is 47.5 Å². The van der Waals surface area contributed by atoms with Gasteiger partial charge in [0.1, 0.15) is 12.2 Å². The highest BCUT2D eigenvalue weighted by Gasteiger charge is 2.47. The van der Waals surface area contributed by atoms with Gasteiger partial charge in [-0.05, 0) is 24.8 Å². The zero-order valence-corrected chi connectivity index (χ0v) is 15.2. The van der Waals surface area contributed by atoms with Crippen molar-refractivity contribution in [1.29, 1.82) is 0 Å². The molecule has 2 aromatic rings. The van der Waals surface area contributed by atoms with Gasteiger partial charge in [-0.1, -0.05) is 48.5 Å². The molecule has 1 amide bonds. The highest BCUT2D eigenvalue weighted by Crippen LogP contribution is 2.35. The number of amides is 1. The number of benzene rings is 2. The molecule has 26 heavy (non-hydrogen) atoms. The summed E-state index contributed by atoms with van der Waals surface area (Å²) in [5, 5.41) is 0. The van der Waals surface area contributed by atoms with Crippen molar-refractivity contribution in [2.75, 3.05) is 18.0 Å². The molecule has 4 rings (SSSR count). The molecule has 2 heterocycles. The first-order valence-corrected chi connectivity index (χ1v) is 9.02. The third-order valence-corrected chi connectivity index (χ3v) is 5.08. The van der Waals surface area contributed by atoms with Gasteiger partial charge >= 0.3 is 0 Å². The van der Waals surface area contributed by atoms with Crippen molar-refractivity contribution in [3.8, 4) is 0 Å². The number of aliphatic imine (C=N–C) groups is 2. The number of anilines is 1. The second kappa shape index (κ2) is 7.02. The average Bonchev–Trinajstić information content (AvgIpc) is 2.82. The van der Waals surface area contributed by atoms with Gasteiger partial charge in [0.05, 0.1) is 17.9 Å². The van der Waals surface area contributed by atoms with Crippen LogP contribution in [0.2, 0.25) is 0 Å². The van der Waals surface area contributed by atoms with Crippen LogP contribution in [0, 0.1) is 0 Å². The fourth-order valence-electron chi connectivity index (χ4n) is 3.45. The molecular weight excluding hydrogens is 348 g/mol. The molecule has 2 atom stereocenters. The summed E-state index contributed by atoms with van der Waals surface area (Å²) in [6, 6.07) is 17.3. The maximum Gasteiger partial charge on any atom is 0.252 e. The molecule has 0 saturated carbocycles. The SMILES string of the molecule is CCN=CC1C(=O)N2c3ccccc3C(c3ccccc3)=NCC2N1Cl. The van der Waals surface area contributed by atoms with E-state index in [0.717, 1.165) is 22.5 Å². The molecule has 2 aliphatic rings. The predicted octanol–water partition coefficient (Wildman–Crippen LogP) is 3.13. The molecule has 0 aromatic heterocycles. The van der Waals surface area contributed by atoms with Crippen LogP contribution in [0.15, 0.2) is 64.6 Å². The normalized spacial score (nSPS) is 22.9. The number of rotatable bonds is 3. The summed E-state index contributed by atoms with van der Waals surface area (Å²) in [4.78, 5) is 23.9. The summed E-state index contributed by atoms with van der Waals surface area (Å²) in [6.45, 7) is 2.95. The average molecular weight is 367 g/mol. The fraction of sp³-hybridized carbons (Fsp3) is 0.250. The van der Waals surface area contributed by atoms with Crippen LogP contribution in [0.5, 0.6) is 0 Å². The van der Waals surface area contributed by atoms with E-state index in [1.165, 1.54) is 4.42 Å². The monoisotopic (exact) mass is 366 g/mol. The van der Waals surface area contributed by atoms with Gasteiger partial charge in [-0.3, -0.25) is 19.7 Å². The fourth-order valence-corrected chi connectivity index (χ4v) is 3.73.